The fraction of sp³-hybridized carbons (Fsp3) is 0.562. The molecule has 0 heterocycles. The second-order valence-corrected chi connectivity index (χ2v) is 7.20. The van der Waals surface area contributed by atoms with Crippen LogP contribution in [0.3, 0.4) is 0 Å². The summed E-state index contributed by atoms with van der Waals surface area (Å²) >= 11 is 3.52. The highest BCUT2D eigenvalue weighted by Crippen LogP contribution is 2.20. The van der Waals surface area contributed by atoms with Crippen LogP contribution in [0.1, 0.15) is 40.2 Å². The minimum Gasteiger partial charge on any atom is -0.444 e. The topological polar surface area (TPSA) is 29.5 Å². The van der Waals surface area contributed by atoms with Gasteiger partial charge in [0.05, 0.1) is 6.54 Å². The molecule has 0 spiro atoms. The van der Waals surface area contributed by atoms with Crippen molar-refractivity contribution in [2.45, 2.75) is 46.8 Å². The highest BCUT2D eigenvalue weighted by molar-refractivity contribution is 9.10. The average Bonchev–Trinajstić information content (AvgIpc) is 2.28. The van der Waals surface area contributed by atoms with E-state index in [2.05, 4.69) is 29.8 Å². The van der Waals surface area contributed by atoms with Crippen LogP contribution in [0.4, 0.5) is 4.79 Å². The molecule has 0 bridgehead atoms. The maximum Gasteiger partial charge on any atom is 0.410 e. The Morgan fingerprint density at radius 3 is 2.40 bits per heavy atom. The lowest BCUT2D eigenvalue weighted by molar-refractivity contribution is 0.0211. The van der Waals surface area contributed by atoms with Gasteiger partial charge in [-0.1, -0.05) is 48.0 Å². The lowest BCUT2D eigenvalue weighted by atomic mass is 10.1. The summed E-state index contributed by atoms with van der Waals surface area (Å²) in [5.41, 5.74) is 0.610. The van der Waals surface area contributed by atoms with Gasteiger partial charge in [0.2, 0.25) is 0 Å². The van der Waals surface area contributed by atoms with Crippen molar-refractivity contribution in [2.75, 3.05) is 6.54 Å². The molecule has 1 amide bonds. The number of amides is 1. The normalized spacial score (nSPS) is 11.6. The third kappa shape index (κ3) is 5.95. The van der Waals surface area contributed by atoms with Gasteiger partial charge in [-0.05, 0) is 38.3 Å². The van der Waals surface area contributed by atoms with Gasteiger partial charge >= 0.3 is 6.09 Å². The molecule has 1 aromatic rings. The molecule has 0 fully saturated rings. The van der Waals surface area contributed by atoms with Crippen molar-refractivity contribution in [3.63, 3.8) is 0 Å². The number of ether oxygens (including phenoxy) is 1. The zero-order valence-electron chi connectivity index (χ0n) is 12.9. The molecular weight excluding hydrogens is 318 g/mol. The zero-order valence-corrected chi connectivity index (χ0v) is 14.5. The van der Waals surface area contributed by atoms with Crippen molar-refractivity contribution >= 4 is 22.0 Å². The maximum absolute atomic E-state index is 12.3. The van der Waals surface area contributed by atoms with E-state index in [9.17, 15) is 4.79 Å². The summed E-state index contributed by atoms with van der Waals surface area (Å²) in [4.78, 5) is 14.1. The Labute approximate surface area is 130 Å². The highest BCUT2D eigenvalue weighted by atomic mass is 79.9. The first-order chi connectivity index (χ1) is 9.19. The quantitative estimate of drug-likeness (QED) is 0.783. The number of hydrogen-bond acceptors (Lipinski definition) is 2. The van der Waals surface area contributed by atoms with Crippen molar-refractivity contribution < 1.29 is 9.53 Å². The van der Waals surface area contributed by atoms with Crippen molar-refractivity contribution in [1.82, 2.24) is 4.90 Å². The molecule has 0 unspecified atom stereocenters. The molecule has 0 atom stereocenters. The fourth-order valence-electron chi connectivity index (χ4n) is 1.80. The third-order valence-electron chi connectivity index (χ3n) is 2.56. The first kappa shape index (κ1) is 17.0. The Kier molecular flexibility index (Phi) is 6.06. The number of carbonyl (C=O) groups excluding carboxylic acids is 1. The lowest BCUT2D eigenvalue weighted by Gasteiger charge is -2.29. The number of rotatable bonds is 4. The molecule has 0 aliphatic rings. The summed E-state index contributed by atoms with van der Waals surface area (Å²) in [5, 5.41) is 0. The molecule has 0 saturated carbocycles. The van der Waals surface area contributed by atoms with Crippen molar-refractivity contribution in [3.8, 4) is 0 Å². The summed E-state index contributed by atoms with van der Waals surface area (Å²) in [6, 6.07) is 7.94. The predicted octanol–water partition coefficient (Wildman–Crippen LogP) is 4.84. The first-order valence-electron chi connectivity index (χ1n) is 6.90. The monoisotopic (exact) mass is 341 g/mol. The van der Waals surface area contributed by atoms with Crippen LogP contribution in [-0.2, 0) is 11.3 Å². The van der Waals surface area contributed by atoms with Gasteiger partial charge < -0.3 is 9.64 Å². The maximum atomic E-state index is 12.3. The molecule has 4 heteroatoms. The second kappa shape index (κ2) is 7.11. The molecule has 0 aromatic heterocycles. The molecule has 0 radical (unpaired) electrons. The van der Waals surface area contributed by atoms with E-state index in [1.54, 1.807) is 4.90 Å². The zero-order chi connectivity index (χ0) is 15.3. The summed E-state index contributed by atoms with van der Waals surface area (Å²) < 4.78 is 6.50. The molecule has 112 valence electrons. The van der Waals surface area contributed by atoms with Crippen molar-refractivity contribution in [3.05, 3.63) is 34.3 Å². The molecule has 20 heavy (non-hydrogen) atoms. The van der Waals surface area contributed by atoms with Gasteiger partial charge in [-0.3, -0.25) is 0 Å². The molecular formula is C16H24BrNO2. The van der Waals surface area contributed by atoms with E-state index < -0.39 is 5.60 Å². The molecule has 0 N–H and O–H groups in total. The summed E-state index contributed by atoms with van der Waals surface area (Å²) in [7, 11) is 0. The van der Waals surface area contributed by atoms with Crippen molar-refractivity contribution in [1.29, 1.82) is 0 Å². The van der Waals surface area contributed by atoms with Crippen LogP contribution in [-0.4, -0.2) is 23.1 Å². The molecule has 1 aromatic carbocycles. The number of hydrogen-bond donors (Lipinski definition) is 0. The smallest absolute Gasteiger partial charge is 0.410 e. The minimum absolute atomic E-state index is 0.262. The Morgan fingerprint density at radius 2 is 1.90 bits per heavy atom. The highest BCUT2D eigenvalue weighted by Gasteiger charge is 2.23. The van der Waals surface area contributed by atoms with Crippen molar-refractivity contribution in [2.24, 2.45) is 5.92 Å². The Bertz CT molecular complexity index is 452. The van der Waals surface area contributed by atoms with E-state index in [4.69, 9.17) is 4.74 Å². The van der Waals surface area contributed by atoms with Crippen LogP contribution in [0, 0.1) is 5.92 Å². The predicted molar refractivity (Wildman–Crippen MR) is 85.6 cm³/mol. The van der Waals surface area contributed by atoms with Crippen LogP contribution in [0.15, 0.2) is 28.7 Å². The Morgan fingerprint density at radius 1 is 1.30 bits per heavy atom. The number of carbonyl (C=O) groups is 1. The van der Waals surface area contributed by atoms with Gasteiger partial charge in [0.25, 0.3) is 0 Å². The number of nitrogens with zero attached hydrogens (tertiary/aromatic N) is 1. The average molecular weight is 342 g/mol. The summed E-state index contributed by atoms with van der Waals surface area (Å²) in [5.74, 6) is 0.394. The van der Waals surface area contributed by atoms with Gasteiger partial charge in [0, 0.05) is 11.0 Å². The van der Waals surface area contributed by atoms with E-state index in [1.807, 2.05) is 45.0 Å². The Balaban J connectivity index is 2.84. The van der Waals surface area contributed by atoms with E-state index >= 15 is 0 Å². The van der Waals surface area contributed by atoms with Crippen LogP contribution >= 0.6 is 15.9 Å². The van der Waals surface area contributed by atoms with E-state index in [0.29, 0.717) is 19.0 Å². The van der Waals surface area contributed by atoms with E-state index in [-0.39, 0.29) is 6.09 Å². The standard InChI is InChI=1S/C16H24BrNO2/c1-12(2)10-18(15(19)20-16(3,4)5)11-13-8-6-7-9-14(13)17/h6-9,12H,10-11H2,1-5H3. The van der Waals surface area contributed by atoms with Gasteiger partial charge in [-0.15, -0.1) is 0 Å². The van der Waals surface area contributed by atoms with Crippen LogP contribution < -0.4 is 0 Å². The van der Waals surface area contributed by atoms with Gasteiger partial charge in [-0.25, -0.2) is 4.79 Å². The molecule has 1 rings (SSSR count). The van der Waals surface area contributed by atoms with Gasteiger partial charge in [-0.2, -0.15) is 0 Å². The largest absolute Gasteiger partial charge is 0.444 e. The van der Waals surface area contributed by atoms with Crippen LogP contribution in [0.2, 0.25) is 0 Å². The minimum atomic E-state index is -0.472. The number of halogens is 1. The van der Waals surface area contributed by atoms with Crippen LogP contribution in [0.25, 0.3) is 0 Å². The Hall–Kier alpha value is -1.03. The van der Waals surface area contributed by atoms with Gasteiger partial charge in [0.15, 0.2) is 0 Å². The SMILES string of the molecule is CC(C)CN(Cc1ccccc1Br)C(=O)OC(C)(C)C. The molecule has 3 nitrogen and oxygen atoms in total. The van der Waals surface area contributed by atoms with E-state index in [1.165, 1.54) is 0 Å². The van der Waals surface area contributed by atoms with E-state index in [0.717, 1.165) is 10.0 Å². The second-order valence-electron chi connectivity index (χ2n) is 6.35. The number of benzene rings is 1. The van der Waals surface area contributed by atoms with Crippen LogP contribution in [0.5, 0.6) is 0 Å². The summed E-state index contributed by atoms with van der Waals surface area (Å²) in [6.07, 6.45) is -0.262. The molecule has 0 saturated heterocycles. The summed E-state index contributed by atoms with van der Waals surface area (Å²) in [6.45, 7) is 11.1. The van der Waals surface area contributed by atoms with Gasteiger partial charge in [0.1, 0.15) is 5.60 Å². The first-order valence-corrected chi connectivity index (χ1v) is 7.69. The molecule has 0 aliphatic carbocycles. The third-order valence-corrected chi connectivity index (χ3v) is 3.33. The fourth-order valence-corrected chi connectivity index (χ4v) is 2.21. The lowest BCUT2D eigenvalue weighted by Crippen LogP contribution is -2.38. The molecule has 0 aliphatic heterocycles.